The van der Waals surface area contributed by atoms with Gasteiger partial charge in [0.15, 0.2) is 0 Å². The van der Waals surface area contributed by atoms with Crippen LogP contribution in [-0.2, 0) is 0 Å². The Morgan fingerprint density at radius 1 is 1.40 bits per heavy atom. The maximum absolute atomic E-state index is 12.1. The number of para-hydroxylation sites is 1. The average molecular weight is 306 g/mol. The Kier molecular flexibility index (Phi) is 3.44. The van der Waals surface area contributed by atoms with Gasteiger partial charge in [-0.3, -0.25) is 4.79 Å². The normalized spacial score (nSPS) is 10.4. The lowest BCUT2D eigenvalue weighted by Crippen LogP contribution is -2.14. The molecule has 6 nitrogen and oxygen atoms in total. The van der Waals surface area contributed by atoms with Gasteiger partial charge >= 0.3 is 0 Å². The number of carbonyl (C=O) groups excluding carboxylic acids is 1. The van der Waals surface area contributed by atoms with Gasteiger partial charge < -0.3 is 5.32 Å². The molecule has 8 heteroatoms. The van der Waals surface area contributed by atoms with E-state index in [1.54, 1.807) is 29.1 Å². The van der Waals surface area contributed by atoms with Crippen LogP contribution in [0, 0.1) is 0 Å². The number of thiazole rings is 1. The van der Waals surface area contributed by atoms with Gasteiger partial charge in [0.25, 0.3) is 5.91 Å². The van der Waals surface area contributed by atoms with Crippen LogP contribution in [0.15, 0.2) is 41.7 Å². The van der Waals surface area contributed by atoms with Crippen molar-refractivity contribution in [3.8, 4) is 5.69 Å². The molecule has 0 aliphatic rings. The van der Waals surface area contributed by atoms with Gasteiger partial charge in [0.05, 0.1) is 16.2 Å². The molecule has 0 aliphatic heterocycles. The number of nitrogens with zero attached hydrogens (tertiary/aromatic N) is 4. The number of carbonyl (C=O) groups is 1. The highest BCUT2D eigenvalue weighted by Gasteiger charge is 2.14. The summed E-state index contributed by atoms with van der Waals surface area (Å²) in [6.45, 7) is 0. The maximum atomic E-state index is 12.1. The summed E-state index contributed by atoms with van der Waals surface area (Å²) < 4.78 is 1.50. The topological polar surface area (TPSA) is 72.7 Å². The first kappa shape index (κ1) is 12.8. The molecule has 3 aromatic rings. The van der Waals surface area contributed by atoms with Crippen molar-refractivity contribution in [1.29, 1.82) is 0 Å². The highest BCUT2D eigenvalue weighted by atomic mass is 35.5. The quantitative estimate of drug-likeness (QED) is 0.807. The second-order valence-electron chi connectivity index (χ2n) is 3.80. The molecule has 1 aromatic carbocycles. The van der Waals surface area contributed by atoms with Crippen molar-refractivity contribution in [2.75, 3.05) is 5.32 Å². The first-order valence-electron chi connectivity index (χ1n) is 5.59. The summed E-state index contributed by atoms with van der Waals surface area (Å²) >= 11 is 7.53. The van der Waals surface area contributed by atoms with Crippen molar-refractivity contribution in [1.82, 2.24) is 19.7 Å². The Bertz CT molecular complexity index is 726. The minimum Gasteiger partial charge on any atom is -0.319 e. The highest BCUT2D eigenvalue weighted by molar-refractivity contribution is 7.07. The Morgan fingerprint density at radius 3 is 3.00 bits per heavy atom. The van der Waals surface area contributed by atoms with Crippen molar-refractivity contribution >= 4 is 34.5 Å². The van der Waals surface area contributed by atoms with Crippen LogP contribution in [0.25, 0.3) is 5.69 Å². The van der Waals surface area contributed by atoms with Crippen LogP contribution < -0.4 is 5.32 Å². The van der Waals surface area contributed by atoms with Gasteiger partial charge in [-0.1, -0.05) is 17.7 Å². The summed E-state index contributed by atoms with van der Waals surface area (Å²) in [6, 6.07) is 5.21. The number of amides is 1. The van der Waals surface area contributed by atoms with E-state index in [9.17, 15) is 4.79 Å². The zero-order valence-electron chi connectivity index (χ0n) is 10.0. The molecule has 0 radical (unpaired) electrons. The lowest BCUT2D eigenvalue weighted by molar-refractivity contribution is 0.102. The van der Waals surface area contributed by atoms with Crippen LogP contribution in [-0.4, -0.2) is 25.7 Å². The first-order chi connectivity index (χ1) is 9.75. The smallest absolute Gasteiger partial charge is 0.275 e. The summed E-state index contributed by atoms with van der Waals surface area (Å²) in [5.41, 5.74) is 3.07. The molecule has 0 spiro atoms. The molecule has 100 valence electrons. The van der Waals surface area contributed by atoms with Crippen LogP contribution in [0.3, 0.4) is 0 Å². The molecule has 0 aliphatic carbocycles. The molecule has 2 heterocycles. The van der Waals surface area contributed by atoms with Gasteiger partial charge in [-0.05, 0) is 12.1 Å². The third-order valence-corrected chi connectivity index (χ3v) is 3.44. The van der Waals surface area contributed by atoms with E-state index in [0.717, 1.165) is 0 Å². The number of hydrogen-bond acceptors (Lipinski definition) is 5. The Balaban J connectivity index is 1.98. The number of nitrogens with one attached hydrogen (secondary N) is 1. The van der Waals surface area contributed by atoms with Crippen LogP contribution >= 0.6 is 22.9 Å². The van der Waals surface area contributed by atoms with Gasteiger partial charge in [0, 0.05) is 5.38 Å². The number of halogens is 1. The summed E-state index contributed by atoms with van der Waals surface area (Å²) in [5, 5.41) is 8.95. The number of rotatable bonds is 3. The van der Waals surface area contributed by atoms with E-state index in [1.165, 1.54) is 28.7 Å². The molecule has 20 heavy (non-hydrogen) atoms. The highest BCUT2D eigenvalue weighted by Crippen LogP contribution is 2.28. The standard InChI is InChI=1S/C12H8ClN5OS/c13-8-2-1-3-9(11(8)18-6-14-5-16-18)17-12(19)10-4-20-7-15-10/h1-7H,(H,17,19). The molecular formula is C12H8ClN5OS. The lowest BCUT2D eigenvalue weighted by atomic mass is 10.2. The largest absolute Gasteiger partial charge is 0.319 e. The fourth-order valence-electron chi connectivity index (χ4n) is 1.68. The second kappa shape index (κ2) is 5.40. The van der Waals surface area contributed by atoms with E-state index in [-0.39, 0.29) is 5.91 Å². The zero-order chi connectivity index (χ0) is 13.9. The third kappa shape index (κ3) is 2.40. The van der Waals surface area contributed by atoms with E-state index in [2.05, 4.69) is 20.4 Å². The van der Waals surface area contributed by atoms with Gasteiger partial charge in [-0.25, -0.2) is 14.6 Å². The fourth-order valence-corrected chi connectivity index (χ4v) is 2.48. The van der Waals surface area contributed by atoms with Crippen LogP contribution in [0.5, 0.6) is 0 Å². The van der Waals surface area contributed by atoms with Gasteiger partial charge in [-0.2, -0.15) is 5.10 Å². The molecule has 1 N–H and O–H groups in total. The average Bonchev–Trinajstić information content (AvgIpc) is 3.12. The second-order valence-corrected chi connectivity index (χ2v) is 4.93. The Labute approximate surface area is 123 Å². The first-order valence-corrected chi connectivity index (χ1v) is 6.91. The maximum Gasteiger partial charge on any atom is 0.275 e. The van der Waals surface area contributed by atoms with Gasteiger partial charge in [0.1, 0.15) is 24.0 Å². The Hall–Kier alpha value is -2.25. The van der Waals surface area contributed by atoms with Crippen molar-refractivity contribution in [3.05, 3.63) is 52.5 Å². The molecule has 0 bridgehead atoms. The van der Waals surface area contributed by atoms with Crippen LogP contribution in [0.4, 0.5) is 5.69 Å². The predicted molar refractivity (Wildman–Crippen MR) is 76.4 cm³/mol. The number of benzene rings is 1. The summed E-state index contributed by atoms with van der Waals surface area (Å²) in [7, 11) is 0. The van der Waals surface area contributed by atoms with Gasteiger partial charge in [0.2, 0.25) is 0 Å². The van der Waals surface area contributed by atoms with Crippen molar-refractivity contribution in [2.24, 2.45) is 0 Å². The summed E-state index contributed by atoms with van der Waals surface area (Å²) in [4.78, 5) is 19.9. The molecule has 0 fully saturated rings. The monoisotopic (exact) mass is 305 g/mol. The van der Waals surface area contributed by atoms with Crippen LogP contribution in [0.2, 0.25) is 5.02 Å². The van der Waals surface area contributed by atoms with E-state index in [1.807, 2.05) is 0 Å². The summed E-state index contributed by atoms with van der Waals surface area (Å²) in [6.07, 6.45) is 2.91. The summed E-state index contributed by atoms with van der Waals surface area (Å²) in [5.74, 6) is -0.296. The zero-order valence-corrected chi connectivity index (χ0v) is 11.6. The molecule has 0 saturated heterocycles. The van der Waals surface area contributed by atoms with Crippen molar-refractivity contribution in [3.63, 3.8) is 0 Å². The fraction of sp³-hybridized carbons (Fsp3) is 0. The third-order valence-electron chi connectivity index (χ3n) is 2.55. The van der Waals surface area contributed by atoms with E-state index in [4.69, 9.17) is 11.6 Å². The van der Waals surface area contributed by atoms with E-state index >= 15 is 0 Å². The number of anilines is 1. The van der Waals surface area contributed by atoms with E-state index in [0.29, 0.717) is 22.1 Å². The minimum absolute atomic E-state index is 0.296. The molecule has 0 unspecified atom stereocenters. The van der Waals surface area contributed by atoms with Gasteiger partial charge in [-0.15, -0.1) is 11.3 Å². The molecule has 3 rings (SSSR count). The Morgan fingerprint density at radius 2 is 2.30 bits per heavy atom. The van der Waals surface area contributed by atoms with Crippen molar-refractivity contribution < 1.29 is 4.79 Å². The number of aromatic nitrogens is 4. The molecule has 1 amide bonds. The molecular weight excluding hydrogens is 298 g/mol. The van der Waals surface area contributed by atoms with Crippen LogP contribution in [0.1, 0.15) is 10.5 Å². The predicted octanol–water partition coefficient (Wildman–Crippen LogP) is 2.63. The number of hydrogen-bond donors (Lipinski definition) is 1. The SMILES string of the molecule is O=C(Nc1cccc(Cl)c1-n1cncn1)c1cscn1. The molecule has 0 atom stereocenters. The molecule has 2 aromatic heterocycles. The van der Waals surface area contributed by atoms with Crippen molar-refractivity contribution in [2.45, 2.75) is 0 Å². The van der Waals surface area contributed by atoms with E-state index < -0.39 is 0 Å². The lowest BCUT2D eigenvalue weighted by Gasteiger charge is -2.11. The minimum atomic E-state index is -0.296. The molecule has 0 saturated carbocycles.